The van der Waals surface area contributed by atoms with Gasteiger partial charge in [-0.2, -0.15) is 0 Å². The van der Waals surface area contributed by atoms with Gasteiger partial charge in [0.2, 0.25) is 0 Å². The maximum atomic E-state index is 16.7. The Morgan fingerprint density at radius 2 is 1.51 bits per heavy atom. The smallest absolute Gasteiger partial charge is 0.150 e. The molecule has 1 aliphatic heterocycles. The maximum absolute atomic E-state index is 16.7. The zero-order chi connectivity index (χ0) is 31.9. The van der Waals surface area contributed by atoms with Crippen LogP contribution in [0, 0.1) is 0 Å². The lowest BCUT2D eigenvalue weighted by molar-refractivity contribution is 0.402. The van der Waals surface area contributed by atoms with Crippen molar-refractivity contribution in [3.8, 4) is 17.2 Å². The number of nitrogens with zero attached hydrogens (tertiary/aromatic N) is 4. The third-order valence-electron chi connectivity index (χ3n) is 9.75. The zero-order valence-corrected chi connectivity index (χ0v) is 28.1. The normalized spacial score (nSPS) is 14.4. The summed E-state index contributed by atoms with van der Waals surface area (Å²) < 4.78 is 21.0. The molecule has 9 rings (SSSR count). The Morgan fingerprint density at radius 3 is 2.36 bits per heavy atom. The van der Waals surface area contributed by atoms with E-state index >= 15 is 4.39 Å². The van der Waals surface area contributed by atoms with E-state index in [1.807, 2.05) is 97.8 Å². The summed E-state index contributed by atoms with van der Waals surface area (Å²) in [7, 11) is 0.0429. The van der Waals surface area contributed by atoms with Gasteiger partial charge in [-0.25, -0.2) is 14.4 Å². The standard InChI is InChI=1S/C40H31FN4SSi/c1-44-31-14-5-4-13-30(31)43-40(44)27-12-10-11-25(23-27)37(41)26-18-19-28-29-20-21-35-39(46-33-15-6-7-16-34(33)47(35,2)3)38(29)45(32(28)24-26)36-17-8-9-22-42-36/h4-24,37H,1-3H3. The number of fused-ring (bicyclic) bond motifs is 7. The largest absolute Gasteiger partial charge is 0.327 e. The number of benzene rings is 5. The number of alkyl halides is 1. The van der Waals surface area contributed by atoms with Crippen LogP contribution in [0.25, 0.3) is 50.0 Å². The lowest BCUT2D eigenvalue weighted by Gasteiger charge is -2.33. The summed E-state index contributed by atoms with van der Waals surface area (Å²) in [5.74, 6) is 1.65. The van der Waals surface area contributed by atoms with Gasteiger partial charge in [0.1, 0.15) is 19.7 Å². The fourth-order valence-electron chi connectivity index (χ4n) is 7.33. The third-order valence-corrected chi connectivity index (χ3v) is 14.9. The molecule has 7 heteroatoms. The average molecular weight is 647 g/mol. The van der Waals surface area contributed by atoms with Gasteiger partial charge < -0.3 is 4.57 Å². The van der Waals surface area contributed by atoms with E-state index in [2.05, 4.69) is 70.8 Å². The summed E-state index contributed by atoms with van der Waals surface area (Å²) in [6.45, 7) is 4.88. The van der Waals surface area contributed by atoms with E-state index in [-0.39, 0.29) is 0 Å². The van der Waals surface area contributed by atoms with Crippen molar-refractivity contribution < 1.29 is 4.39 Å². The van der Waals surface area contributed by atoms with Crippen LogP contribution in [0.1, 0.15) is 17.3 Å². The number of pyridine rings is 1. The Morgan fingerprint density at radius 1 is 0.723 bits per heavy atom. The molecule has 4 nitrogen and oxygen atoms in total. The molecule has 0 N–H and O–H groups in total. The Bertz CT molecular complexity index is 2520. The fraction of sp³-hybridized carbons (Fsp3) is 0.100. The molecular weight excluding hydrogens is 616 g/mol. The van der Waals surface area contributed by atoms with Crippen LogP contribution >= 0.6 is 11.8 Å². The Balaban J connectivity index is 1.22. The molecule has 4 heterocycles. The van der Waals surface area contributed by atoms with Crippen LogP contribution in [0.15, 0.2) is 137 Å². The number of aryl methyl sites for hydroxylation is 1. The molecule has 0 saturated heterocycles. The van der Waals surface area contributed by atoms with E-state index in [0.29, 0.717) is 11.1 Å². The second-order valence-corrected chi connectivity index (χ2v) is 18.2. The maximum Gasteiger partial charge on any atom is 0.150 e. The molecular formula is C40H31FN4SSi. The van der Waals surface area contributed by atoms with Gasteiger partial charge in [-0.1, -0.05) is 104 Å². The van der Waals surface area contributed by atoms with Crippen molar-refractivity contribution in [2.45, 2.75) is 29.1 Å². The first-order valence-electron chi connectivity index (χ1n) is 15.9. The molecule has 8 aromatic rings. The molecule has 0 aliphatic carbocycles. The van der Waals surface area contributed by atoms with E-state index in [9.17, 15) is 0 Å². The number of para-hydroxylation sites is 2. The second kappa shape index (κ2) is 10.5. The SMILES string of the molecule is Cn1c(-c2cccc(C(F)c3ccc4c5ccc6c(c5n(-c5ccccn5)c4c3)Sc3ccccc3[Si]6(C)C)c2)nc2ccccc21. The van der Waals surface area contributed by atoms with Crippen molar-refractivity contribution >= 4 is 63.0 Å². The van der Waals surface area contributed by atoms with Crippen molar-refractivity contribution in [1.29, 1.82) is 0 Å². The minimum absolute atomic E-state index is 0.603. The van der Waals surface area contributed by atoms with E-state index in [1.165, 1.54) is 20.2 Å². The third kappa shape index (κ3) is 4.26. The summed E-state index contributed by atoms with van der Waals surface area (Å²) >= 11 is 1.85. The van der Waals surface area contributed by atoms with Crippen LogP contribution in [0.3, 0.4) is 0 Å². The number of aromatic nitrogens is 4. The molecule has 228 valence electrons. The molecule has 0 saturated carbocycles. The molecule has 0 fully saturated rings. The quantitative estimate of drug-likeness (QED) is 0.179. The molecule has 3 aromatic heterocycles. The summed E-state index contributed by atoms with van der Waals surface area (Å²) in [5, 5.41) is 5.15. The van der Waals surface area contributed by atoms with Gasteiger partial charge in [-0.15, -0.1) is 0 Å². The van der Waals surface area contributed by atoms with Gasteiger partial charge in [0, 0.05) is 39.4 Å². The lowest BCUT2D eigenvalue weighted by atomic mass is 9.99. The molecule has 1 unspecified atom stereocenters. The molecule has 47 heavy (non-hydrogen) atoms. The van der Waals surface area contributed by atoms with Crippen molar-refractivity contribution in [1.82, 2.24) is 19.1 Å². The van der Waals surface area contributed by atoms with Gasteiger partial charge >= 0.3 is 0 Å². The zero-order valence-electron chi connectivity index (χ0n) is 26.3. The molecule has 1 aliphatic rings. The fourth-order valence-corrected chi connectivity index (χ4v) is 12.9. The number of hydrogen-bond donors (Lipinski definition) is 0. The predicted molar refractivity (Wildman–Crippen MR) is 195 cm³/mol. The minimum Gasteiger partial charge on any atom is -0.327 e. The molecule has 0 amide bonds. The first kappa shape index (κ1) is 28.3. The molecule has 0 radical (unpaired) electrons. The van der Waals surface area contributed by atoms with Gasteiger partial charge in [-0.3, -0.25) is 4.57 Å². The van der Waals surface area contributed by atoms with E-state index in [1.54, 1.807) is 0 Å². The van der Waals surface area contributed by atoms with Crippen LogP contribution < -0.4 is 10.4 Å². The van der Waals surface area contributed by atoms with Crippen LogP contribution in [0.2, 0.25) is 13.1 Å². The summed E-state index contributed by atoms with van der Waals surface area (Å²) in [6, 6.07) is 41.3. The first-order chi connectivity index (χ1) is 22.9. The molecule has 0 spiro atoms. The highest BCUT2D eigenvalue weighted by atomic mass is 32.2. The highest BCUT2D eigenvalue weighted by molar-refractivity contribution is 8.00. The van der Waals surface area contributed by atoms with Crippen LogP contribution in [-0.2, 0) is 7.05 Å². The summed E-state index contributed by atoms with van der Waals surface area (Å²) in [6.07, 6.45) is 0.517. The van der Waals surface area contributed by atoms with Gasteiger partial charge in [-0.05, 0) is 64.0 Å². The highest BCUT2D eigenvalue weighted by Gasteiger charge is 2.37. The van der Waals surface area contributed by atoms with Crippen molar-refractivity contribution in [3.05, 3.63) is 139 Å². The highest BCUT2D eigenvalue weighted by Crippen LogP contribution is 2.43. The van der Waals surface area contributed by atoms with Crippen molar-refractivity contribution in [3.63, 3.8) is 0 Å². The summed E-state index contributed by atoms with van der Waals surface area (Å²) in [4.78, 5) is 12.3. The molecule has 1 atom stereocenters. The average Bonchev–Trinajstić information content (AvgIpc) is 3.63. The Hall–Kier alpha value is -4.98. The molecule has 5 aromatic carbocycles. The number of rotatable bonds is 4. The predicted octanol–water partition coefficient (Wildman–Crippen LogP) is 9.08. The van der Waals surface area contributed by atoms with Crippen LogP contribution in [-0.4, -0.2) is 27.2 Å². The van der Waals surface area contributed by atoms with Crippen LogP contribution in [0.4, 0.5) is 4.39 Å². The minimum atomic E-state index is -1.96. The van der Waals surface area contributed by atoms with Crippen molar-refractivity contribution in [2.24, 2.45) is 7.05 Å². The topological polar surface area (TPSA) is 35.6 Å². The van der Waals surface area contributed by atoms with Crippen LogP contribution in [0.5, 0.6) is 0 Å². The number of imidazole rings is 1. The van der Waals surface area contributed by atoms with Crippen molar-refractivity contribution in [2.75, 3.05) is 0 Å². The van der Waals surface area contributed by atoms with E-state index in [4.69, 9.17) is 9.97 Å². The van der Waals surface area contributed by atoms with Gasteiger partial charge in [0.05, 0.1) is 22.1 Å². The summed E-state index contributed by atoms with van der Waals surface area (Å²) in [5.41, 5.74) is 6.18. The second-order valence-electron chi connectivity index (χ2n) is 12.8. The number of halogens is 1. The van der Waals surface area contributed by atoms with E-state index < -0.39 is 14.2 Å². The Labute approximate surface area is 277 Å². The van der Waals surface area contributed by atoms with Gasteiger partial charge in [0.25, 0.3) is 0 Å². The monoisotopic (exact) mass is 646 g/mol. The lowest BCUT2D eigenvalue weighted by Crippen LogP contribution is -2.56. The molecule has 0 bridgehead atoms. The first-order valence-corrected chi connectivity index (χ1v) is 19.7. The van der Waals surface area contributed by atoms with E-state index in [0.717, 1.165) is 50.0 Å². The number of hydrogen-bond acceptors (Lipinski definition) is 3. The Kier molecular flexibility index (Phi) is 6.32. The van der Waals surface area contributed by atoms with Gasteiger partial charge in [0.15, 0.2) is 6.17 Å².